The zero-order chi connectivity index (χ0) is 24.8. The lowest BCUT2D eigenvalue weighted by Crippen LogP contribution is -2.16. The van der Waals surface area contributed by atoms with Crippen molar-refractivity contribution in [2.75, 3.05) is 5.01 Å². The van der Waals surface area contributed by atoms with E-state index in [2.05, 4.69) is 34.2 Å². The normalized spacial score (nSPS) is 12.2. The lowest BCUT2D eigenvalue weighted by atomic mass is 9.95. The molecule has 0 fully saturated rings. The Kier molecular flexibility index (Phi) is 12.5. The molecule has 0 spiro atoms. The van der Waals surface area contributed by atoms with Crippen molar-refractivity contribution in [3.05, 3.63) is 113 Å². The molecule has 33 heavy (non-hydrogen) atoms. The Bertz CT molecular complexity index is 1020. The lowest BCUT2D eigenvalue weighted by Gasteiger charge is -2.20. The molecule has 0 amide bonds. The van der Waals surface area contributed by atoms with Gasteiger partial charge in [0, 0.05) is 22.8 Å². The van der Waals surface area contributed by atoms with Gasteiger partial charge in [0.25, 0.3) is 0 Å². The van der Waals surface area contributed by atoms with Gasteiger partial charge in [-0.05, 0) is 51.5 Å². The van der Waals surface area contributed by atoms with Crippen LogP contribution in [0.5, 0.6) is 0 Å². The number of carboxylic acids is 1. The van der Waals surface area contributed by atoms with Crippen LogP contribution in [0.25, 0.3) is 0 Å². The molecule has 0 aliphatic carbocycles. The third kappa shape index (κ3) is 10.3. The van der Waals surface area contributed by atoms with E-state index in [1.165, 1.54) is 5.56 Å². The van der Waals surface area contributed by atoms with Crippen molar-refractivity contribution in [2.45, 2.75) is 40.0 Å². The van der Waals surface area contributed by atoms with Gasteiger partial charge in [0.05, 0.1) is 11.6 Å². The van der Waals surface area contributed by atoms with E-state index in [9.17, 15) is 9.90 Å². The second-order valence-electron chi connectivity index (χ2n) is 7.46. The molecule has 1 N–H and O–H groups in total. The first kappa shape index (κ1) is 27.9. The topological polar surface area (TPSA) is 52.9 Å². The quantitative estimate of drug-likeness (QED) is 0.212. The summed E-state index contributed by atoms with van der Waals surface area (Å²) in [7, 11) is 0. The van der Waals surface area contributed by atoms with Gasteiger partial charge < -0.3 is 5.11 Å². The zero-order valence-electron chi connectivity index (χ0n) is 19.8. The van der Waals surface area contributed by atoms with E-state index >= 15 is 0 Å². The van der Waals surface area contributed by atoms with Crippen LogP contribution >= 0.6 is 15.9 Å². The number of aryl methyl sites for hydroxylation is 2. The van der Waals surface area contributed by atoms with Crippen molar-refractivity contribution < 1.29 is 9.90 Å². The number of carbonyl (C=O) groups is 1. The molecule has 0 bridgehead atoms. The van der Waals surface area contributed by atoms with Gasteiger partial charge in [0.2, 0.25) is 0 Å². The number of anilines is 1. The second kappa shape index (κ2) is 14.8. The molecule has 1 unspecified atom stereocenters. The smallest absolute Gasteiger partial charge is 0.311 e. The van der Waals surface area contributed by atoms with Crippen molar-refractivity contribution in [3.63, 3.8) is 0 Å². The number of hydrazone groups is 1. The van der Waals surface area contributed by atoms with Gasteiger partial charge in [-0.3, -0.25) is 4.79 Å². The zero-order valence-corrected chi connectivity index (χ0v) is 21.4. The Morgan fingerprint density at radius 1 is 1.18 bits per heavy atom. The van der Waals surface area contributed by atoms with Crippen LogP contribution in [0.15, 0.2) is 101 Å². The Morgan fingerprint density at radius 2 is 1.85 bits per heavy atom. The molecule has 0 aromatic heterocycles. The first-order valence-corrected chi connectivity index (χ1v) is 11.4. The van der Waals surface area contributed by atoms with E-state index in [4.69, 9.17) is 0 Å². The van der Waals surface area contributed by atoms with Crippen LogP contribution in [0, 0.1) is 13.8 Å². The molecule has 2 aromatic carbocycles. The van der Waals surface area contributed by atoms with Gasteiger partial charge in [-0.25, -0.2) is 5.01 Å². The van der Waals surface area contributed by atoms with Crippen LogP contribution in [0.1, 0.15) is 42.9 Å². The maximum atomic E-state index is 11.7. The number of hydrogen-bond donors (Lipinski definition) is 1. The summed E-state index contributed by atoms with van der Waals surface area (Å²) < 4.78 is 0.868. The summed E-state index contributed by atoms with van der Waals surface area (Å²) in [6, 6.07) is 15.7. The molecule has 2 aromatic rings. The highest BCUT2D eigenvalue weighted by Gasteiger charge is 2.19. The Morgan fingerprint density at radius 3 is 2.33 bits per heavy atom. The number of rotatable bonds is 9. The minimum absolute atomic E-state index is 0.331. The fourth-order valence-corrected chi connectivity index (χ4v) is 3.00. The van der Waals surface area contributed by atoms with Crippen LogP contribution in [-0.2, 0) is 4.79 Å². The molecular weight excluding hydrogens is 476 g/mol. The van der Waals surface area contributed by atoms with Crippen molar-refractivity contribution >= 4 is 33.8 Å². The SMILES string of the molecule is C/C=C(/C)N(/N=C/CC(C(=O)O)c1cccc(C)c1)c1ccc(C)cc1.C=C/C=C\C(=C)Br. The van der Waals surface area contributed by atoms with E-state index in [1.54, 1.807) is 12.3 Å². The summed E-state index contributed by atoms with van der Waals surface area (Å²) in [6.45, 7) is 15.0. The van der Waals surface area contributed by atoms with Crippen LogP contribution < -0.4 is 5.01 Å². The number of aliphatic carboxylic acids is 1. The molecule has 174 valence electrons. The summed E-state index contributed by atoms with van der Waals surface area (Å²) in [6.07, 6.45) is 9.34. The van der Waals surface area contributed by atoms with Crippen molar-refractivity contribution in [1.82, 2.24) is 0 Å². The molecule has 5 heteroatoms. The number of nitrogens with zero attached hydrogens (tertiary/aromatic N) is 2. The number of allylic oxidation sites excluding steroid dienone is 6. The standard InChI is InChI=1S/C22H26N2O2.C6H7Br/c1-5-18(4)24(20-11-9-16(2)10-12-20)23-14-13-21(22(25)26)19-8-6-7-17(3)15-19;1-3-4-5-6(2)7/h5-12,14-15,21H,13H2,1-4H3,(H,25,26);3-5H,1-2H2/b18-5-,23-14+;5-4-. The van der Waals surface area contributed by atoms with Gasteiger partial charge in [0.1, 0.15) is 0 Å². The number of hydrogen-bond acceptors (Lipinski definition) is 3. The number of benzene rings is 2. The van der Waals surface area contributed by atoms with Crippen molar-refractivity contribution in [1.29, 1.82) is 0 Å². The van der Waals surface area contributed by atoms with Crippen LogP contribution in [0.2, 0.25) is 0 Å². The van der Waals surface area contributed by atoms with E-state index in [-0.39, 0.29) is 0 Å². The van der Waals surface area contributed by atoms with E-state index in [0.29, 0.717) is 6.42 Å². The third-order valence-corrected chi connectivity index (χ3v) is 4.99. The maximum absolute atomic E-state index is 11.7. The first-order chi connectivity index (χ1) is 15.7. The highest BCUT2D eigenvalue weighted by Crippen LogP contribution is 2.23. The van der Waals surface area contributed by atoms with E-state index < -0.39 is 11.9 Å². The highest BCUT2D eigenvalue weighted by atomic mass is 79.9. The number of carboxylic acid groups (broad SMARTS) is 1. The summed E-state index contributed by atoms with van der Waals surface area (Å²) in [4.78, 5) is 11.7. The van der Waals surface area contributed by atoms with Gasteiger partial charge in [0.15, 0.2) is 0 Å². The largest absolute Gasteiger partial charge is 0.481 e. The molecule has 1 atom stereocenters. The van der Waals surface area contributed by atoms with E-state index in [1.807, 2.05) is 99.5 Å². The minimum atomic E-state index is -0.841. The van der Waals surface area contributed by atoms with Crippen molar-refractivity contribution in [2.24, 2.45) is 5.10 Å². The first-order valence-electron chi connectivity index (χ1n) is 10.6. The molecule has 0 aliphatic rings. The van der Waals surface area contributed by atoms with Crippen LogP contribution in [-0.4, -0.2) is 17.3 Å². The minimum Gasteiger partial charge on any atom is -0.481 e. The fourth-order valence-electron chi connectivity index (χ4n) is 2.84. The average Bonchev–Trinajstić information content (AvgIpc) is 2.78. The Hall–Kier alpha value is -3.18. The molecule has 0 saturated heterocycles. The van der Waals surface area contributed by atoms with E-state index in [0.717, 1.165) is 27.0 Å². The molecule has 4 nitrogen and oxygen atoms in total. The summed E-state index contributed by atoms with van der Waals surface area (Å²) in [5, 5.41) is 16.0. The molecule has 0 aliphatic heterocycles. The Labute approximate surface area is 206 Å². The molecular formula is C28H33BrN2O2. The molecule has 0 radical (unpaired) electrons. The number of halogens is 1. The van der Waals surface area contributed by atoms with Gasteiger partial charge in [-0.15, -0.1) is 0 Å². The molecule has 2 rings (SSSR count). The summed E-state index contributed by atoms with van der Waals surface area (Å²) in [5.41, 5.74) is 4.96. The second-order valence-corrected chi connectivity index (χ2v) is 8.48. The lowest BCUT2D eigenvalue weighted by molar-refractivity contribution is -0.138. The fraction of sp³-hybridized carbons (Fsp3) is 0.214. The highest BCUT2D eigenvalue weighted by molar-refractivity contribution is 9.11. The van der Waals surface area contributed by atoms with Gasteiger partial charge in [-0.1, -0.05) is 94.8 Å². The predicted molar refractivity (Wildman–Crippen MR) is 145 cm³/mol. The Balaban J connectivity index is 0.000000675. The maximum Gasteiger partial charge on any atom is 0.311 e. The van der Waals surface area contributed by atoms with Crippen LogP contribution in [0.4, 0.5) is 5.69 Å². The van der Waals surface area contributed by atoms with Crippen molar-refractivity contribution in [3.8, 4) is 0 Å². The summed E-state index contributed by atoms with van der Waals surface area (Å²) in [5.74, 6) is -1.45. The molecule has 0 saturated carbocycles. The van der Waals surface area contributed by atoms with Crippen LogP contribution in [0.3, 0.4) is 0 Å². The predicted octanol–water partition coefficient (Wildman–Crippen LogP) is 7.92. The average molecular weight is 509 g/mol. The van der Waals surface area contributed by atoms with Gasteiger partial charge in [-0.2, -0.15) is 5.10 Å². The van der Waals surface area contributed by atoms with Gasteiger partial charge >= 0.3 is 5.97 Å². The third-order valence-electron chi connectivity index (χ3n) is 4.72. The molecule has 0 heterocycles. The summed E-state index contributed by atoms with van der Waals surface area (Å²) >= 11 is 3.15. The monoisotopic (exact) mass is 508 g/mol.